The van der Waals surface area contributed by atoms with Crippen LogP contribution in [0.2, 0.25) is 5.02 Å². The molecule has 90 valence electrons. The number of carbonyl (C=O) groups is 1. The molecular formula is C15H12ClNO. The molecule has 0 aliphatic rings. The number of carbonyl (C=O) groups excluding carboxylic acids is 1. The van der Waals surface area contributed by atoms with E-state index in [9.17, 15) is 4.79 Å². The number of allylic oxidation sites excluding steroid dienone is 1. The lowest BCUT2D eigenvalue weighted by molar-refractivity contribution is -0.111. The lowest BCUT2D eigenvalue weighted by Crippen LogP contribution is -1.96. The van der Waals surface area contributed by atoms with Gasteiger partial charge in [-0.05, 0) is 48.4 Å². The molecule has 1 aromatic carbocycles. The largest absolute Gasteiger partial charge is 0.294 e. The first-order chi connectivity index (χ1) is 8.66. The van der Waals surface area contributed by atoms with E-state index in [1.54, 1.807) is 31.5 Å². The number of pyridine rings is 1. The van der Waals surface area contributed by atoms with Gasteiger partial charge in [0.2, 0.25) is 0 Å². The zero-order valence-corrected chi connectivity index (χ0v) is 10.7. The Kier molecular flexibility index (Phi) is 3.90. The highest BCUT2D eigenvalue weighted by Crippen LogP contribution is 2.19. The quantitative estimate of drug-likeness (QED) is 0.782. The van der Waals surface area contributed by atoms with Crippen molar-refractivity contribution in [2.75, 3.05) is 0 Å². The summed E-state index contributed by atoms with van der Waals surface area (Å²) in [5, 5.41) is 0.681. The second-order valence-corrected chi connectivity index (χ2v) is 4.34. The number of halogens is 1. The zero-order valence-electron chi connectivity index (χ0n) is 9.93. The topological polar surface area (TPSA) is 30.0 Å². The van der Waals surface area contributed by atoms with Crippen LogP contribution in [-0.4, -0.2) is 10.8 Å². The molecular weight excluding hydrogens is 246 g/mol. The Morgan fingerprint density at radius 3 is 2.28 bits per heavy atom. The number of nitrogens with zero attached hydrogens (tertiary/aromatic N) is 1. The number of hydrogen-bond donors (Lipinski definition) is 0. The second-order valence-electron chi connectivity index (χ2n) is 3.90. The van der Waals surface area contributed by atoms with Gasteiger partial charge in [-0.25, -0.2) is 0 Å². The standard InChI is InChI=1S/C15H12ClNO/c1-11(18)15(13-6-8-17-9-7-13)10-12-2-4-14(16)5-3-12/h2-10H,1H3. The van der Waals surface area contributed by atoms with Crippen molar-refractivity contribution in [2.24, 2.45) is 0 Å². The molecule has 1 heterocycles. The van der Waals surface area contributed by atoms with Crippen molar-refractivity contribution in [1.29, 1.82) is 0 Å². The van der Waals surface area contributed by atoms with Crippen LogP contribution in [0.15, 0.2) is 48.8 Å². The highest BCUT2D eigenvalue weighted by atomic mass is 35.5. The Balaban J connectivity index is 2.43. The van der Waals surface area contributed by atoms with E-state index in [-0.39, 0.29) is 5.78 Å². The normalized spacial score (nSPS) is 11.3. The van der Waals surface area contributed by atoms with E-state index in [4.69, 9.17) is 11.6 Å². The number of ketones is 1. The summed E-state index contributed by atoms with van der Waals surface area (Å²) in [5.74, 6) is 0.0242. The highest BCUT2D eigenvalue weighted by molar-refractivity contribution is 6.30. The average Bonchev–Trinajstić information content (AvgIpc) is 2.38. The maximum atomic E-state index is 11.7. The van der Waals surface area contributed by atoms with Crippen LogP contribution >= 0.6 is 11.6 Å². The molecule has 0 aliphatic carbocycles. The van der Waals surface area contributed by atoms with Gasteiger partial charge in [0.1, 0.15) is 0 Å². The molecule has 2 rings (SSSR count). The van der Waals surface area contributed by atoms with Gasteiger partial charge in [0.05, 0.1) is 0 Å². The molecule has 0 radical (unpaired) electrons. The molecule has 0 aliphatic heterocycles. The number of hydrogen-bond acceptors (Lipinski definition) is 2. The summed E-state index contributed by atoms with van der Waals surface area (Å²) in [7, 11) is 0. The first-order valence-corrected chi connectivity index (χ1v) is 5.93. The van der Waals surface area contributed by atoms with Crippen LogP contribution in [0.5, 0.6) is 0 Å². The molecule has 0 saturated heterocycles. The average molecular weight is 258 g/mol. The molecule has 0 bridgehead atoms. The lowest BCUT2D eigenvalue weighted by Gasteiger charge is -2.04. The van der Waals surface area contributed by atoms with Gasteiger partial charge in [0, 0.05) is 23.0 Å². The molecule has 2 aromatic rings. The van der Waals surface area contributed by atoms with Gasteiger partial charge in [-0.2, -0.15) is 0 Å². The summed E-state index contributed by atoms with van der Waals surface area (Å²) < 4.78 is 0. The maximum Gasteiger partial charge on any atom is 0.160 e. The first kappa shape index (κ1) is 12.5. The minimum Gasteiger partial charge on any atom is -0.294 e. The van der Waals surface area contributed by atoms with Gasteiger partial charge in [-0.3, -0.25) is 9.78 Å². The van der Waals surface area contributed by atoms with Crippen LogP contribution in [0.1, 0.15) is 18.1 Å². The summed E-state index contributed by atoms with van der Waals surface area (Å²) in [5.41, 5.74) is 2.48. The predicted octanol–water partition coefficient (Wildman–Crippen LogP) is 3.86. The van der Waals surface area contributed by atoms with Crippen LogP contribution in [0, 0.1) is 0 Å². The Labute approximate surface area is 111 Å². The van der Waals surface area contributed by atoms with Gasteiger partial charge in [-0.15, -0.1) is 0 Å². The number of Topliss-reactive ketones (excluding diaryl/α,β-unsaturated/α-hetero) is 1. The third-order valence-corrected chi connectivity index (χ3v) is 2.80. The van der Waals surface area contributed by atoms with Crippen LogP contribution in [0.25, 0.3) is 11.6 Å². The number of benzene rings is 1. The molecule has 0 saturated carbocycles. The van der Waals surface area contributed by atoms with E-state index in [2.05, 4.69) is 4.98 Å². The Morgan fingerprint density at radius 1 is 1.11 bits per heavy atom. The summed E-state index contributed by atoms with van der Waals surface area (Å²) in [6, 6.07) is 11.0. The van der Waals surface area contributed by atoms with Gasteiger partial charge in [-0.1, -0.05) is 23.7 Å². The third kappa shape index (κ3) is 3.05. The molecule has 3 heteroatoms. The Bertz CT molecular complexity index is 573. The molecule has 0 N–H and O–H groups in total. The fraction of sp³-hybridized carbons (Fsp3) is 0.0667. The van der Waals surface area contributed by atoms with Crippen molar-refractivity contribution in [3.63, 3.8) is 0 Å². The van der Waals surface area contributed by atoms with E-state index in [1.807, 2.05) is 30.3 Å². The molecule has 0 unspecified atom stereocenters. The van der Waals surface area contributed by atoms with Crippen molar-refractivity contribution >= 4 is 29.0 Å². The third-order valence-electron chi connectivity index (χ3n) is 2.55. The van der Waals surface area contributed by atoms with Crippen molar-refractivity contribution < 1.29 is 4.79 Å². The second kappa shape index (κ2) is 5.61. The number of rotatable bonds is 3. The van der Waals surface area contributed by atoms with Gasteiger partial charge in [0.15, 0.2) is 5.78 Å². The van der Waals surface area contributed by atoms with Gasteiger partial charge >= 0.3 is 0 Å². The van der Waals surface area contributed by atoms with Crippen molar-refractivity contribution in [3.05, 3.63) is 64.9 Å². The van der Waals surface area contributed by atoms with Crippen molar-refractivity contribution in [3.8, 4) is 0 Å². The predicted molar refractivity (Wildman–Crippen MR) is 74.2 cm³/mol. The fourth-order valence-corrected chi connectivity index (χ4v) is 1.77. The number of aromatic nitrogens is 1. The van der Waals surface area contributed by atoms with Crippen LogP contribution in [0.3, 0.4) is 0 Å². The van der Waals surface area contributed by atoms with Gasteiger partial charge < -0.3 is 0 Å². The fourth-order valence-electron chi connectivity index (χ4n) is 1.65. The lowest BCUT2D eigenvalue weighted by atomic mass is 10.0. The van der Waals surface area contributed by atoms with Gasteiger partial charge in [0.25, 0.3) is 0 Å². The van der Waals surface area contributed by atoms with Crippen molar-refractivity contribution in [2.45, 2.75) is 6.92 Å². The summed E-state index contributed by atoms with van der Waals surface area (Å²) in [4.78, 5) is 15.7. The van der Waals surface area contributed by atoms with Crippen LogP contribution in [-0.2, 0) is 4.79 Å². The Hall–Kier alpha value is -1.93. The molecule has 1 aromatic heterocycles. The summed E-state index contributed by atoms with van der Waals surface area (Å²) >= 11 is 5.83. The Morgan fingerprint density at radius 2 is 1.72 bits per heavy atom. The van der Waals surface area contributed by atoms with E-state index >= 15 is 0 Å². The molecule has 18 heavy (non-hydrogen) atoms. The van der Waals surface area contributed by atoms with Crippen LogP contribution in [0.4, 0.5) is 0 Å². The monoisotopic (exact) mass is 257 g/mol. The minimum absolute atomic E-state index is 0.0242. The van der Waals surface area contributed by atoms with E-state index < -0.39 is 0 Å². The van der Waals surface area contributed by atoms with E-state index in [0.29, 0.717) is 10.6 Å². The molecule has 0 atom stereocenters. The molecule has 2 nitrogen and oxygen atoms in total. The van der Waals surface area contributed by atoms with E-state index in [0.717, 1.165) is 11.1 Å². The molecule has 0 fully saturated rings. The summed E-state index contributed by atoms with van der Waals surface area (Å²) in [6.45, 7) is 1.56. The smallest absolute Gasteiger partial charge is 0.160 e. The maximum absolute atomic E-state index is 11.7. The molecule has 0 spiro atoms. The first-order valence-electron chi connectivity index (χ1n) is 5.55. The van der Waals surface area contributed by atoms with E-state index in [1.165, 1.54) is 0 Å². The zero-order chi connectivity index (χ0) is 13.0. The van der Waals surface area contributed by atoms with Crippen LogP contribution < -0.4 is 0 Å². The van der Waals surface area contributed by atoms with Crippen molar-refractivity contribution in [1.82, 2.24) is 4.98 Å². The highest BCUT2D eigenvalue weighted by Gasteiger charge is 2.06. The SMILES string of the molecule is CC(=O)C(=Cc1ccc(Cl)cc1)c1ccncc1. The minimum atomic E-state index is 0.0242. The summed E-state index contributed by atoms with van der Waals surface area (Å²) in [6.07, 6.45) is 5.20. The molecule has 0 amide bonds.